The minimum absolute atomic E-state index is 0.498. The van der Waals surface area contributed by atoms with Crippen LogP contribution in [0.5, 0.6) is 5.88 Å². The number of hydrogen-bond donors (Lipinski definition) is 1. The molecule has 4 heteroatoms. The van der Waals surface area contributed by atoms with Gasteiger partial charge in [-0.25, -0.2) is 4.98 Å². The first-order valence-electron chi connectivity index (χ1n) is 5.26. The first kappa shape index (κ1) is 10.2. The van der Waals surface area contributed by atoms with E-state index in [2.05, 4.69) is 4.98 Å². The smallest absolute Gasteiger partial charge is 0.213 e. The molecule has 0 spiro atoms. The molecular formula is C11H16N2O2. The molecule has 2 heterocycles. The molecule has 2 N–H and O–H groups in total. The zero-order valence-electron chi connectivity index (χ0n) is 8.69. The Morgan fingerprint density at radius 3 is 3.13 bits per heavy atom. The molecule has 1 aliphatic heterocycles. The maximum atomic E-state index is 5.55. The number of ether oxygens (including phenoxy) is 2. The van der Waals surface area contributed by atoms with Crippen LogP contribution in [0.4, 0.5) is 5.69 Å². The zero-order valence-corrected chi connectivity index (χ0v) is 8.69. The summed E-state index contributed by atoms with van der Waals surface area (Å²) in [6.07, 6.45) is 3.91. The summed E-state index contributed by atoms with van der Waals surface area (Å²) in [6.45, 7) is 2.36. The highest BCUT2D eigenvalue weighted by molar-refractivity contribution is 5.35. The Morgan fingerprint density at radius 1 is 1.53 bits per heavy atom. The van der Waals surface area contributed by atoms with E-state index in [-0.39, 0.29) is 0 Å². The summed E-state index contributed by atoms with van der Waals surface area (Å²) >= 11 is 0. The molecule has 0 unspecified atom stereocenters. The molecule has 0 aliphatic carbocycles. The Labute approximate surface area is 89.4 Å². The number of nitrogens with zero attached hydrogens (tertiary/aromatic N) is 1. The molecule has 0 bridgehead atoms. The summed E-state index contributed by atoms with van der Waals surface area (Å²) in [5, 5.41) is 0. The SMILES string of the molecule is Nc1ccc(OC[C@H]2CCCOC2)nc1. The Morgan fingerprint density at radius 2 is 2.47 bits per heavy atom. The standard InChI is InChI=1S/C11H16N2O2/c12-10-3-4-11(13-6-10)15-8-9-2-1-5-14-7-9/h3-4,6,9H,1-2,5,7-8,12H2/t9-/m0/s1. The lowest BCUT2D eigenvalue weighted by Crippen LogP contribution is -2.23. The number of pyridine rings is 1. The van der Waals surface area contributed by atoms with E-state index in [4.69, 9.17) is 15.2 Å². The predicted molar refractivity (Wildman–Crippen MR) is 57.7 cm³/mol. The molecule has 2 rings (SSSR count). The van der Waals surface area contributed by atoms with Gasteiger partial charge in [0.1, 0.15) is 0 Å². The first-order chi connectivity index (χ1) is 7.34. The molecule has 0 aromatic carbocycles. The van der Waals surface area contributed by atoms with Crippen molar-refractivity contribution in [1.29, 1.82) is 0 Å². The van der Waals surface area contributed by atoms with Crippen molar-refractivity contribution in [3.8, 4) is 5.88 Å². The van der Waals surface area contributed by atoms with Gasteiger partial charge in [0, 0.05) is 18.6 Å². The van der Waals surface area contributed by atoms with Crippen LogP contribution in [0.15, 0.2) is 18.3 Å². The topological polar surface area (TPSA) is 57.4 Å². The van der Waals surface area contributed by atoms with Crippen LogP contribution in [0.2, 0.25) is 0 Å². The number of rotatable bonds is 3. The summed E-state index contributed by atoms with van der Waals surface area (Å²) in [4.78, 5) is 4.07. The molecule has 1 fully saturated rings. The van der Waals surface area contributed by atoms with Gasteiger partial charge in [-0.1, -0.05) is 0 Å². The Hall–Kier alpha value is -1.29. The minimum atomic E-state index is 0.498. The van der Waals surface area contributed by atoms with Gasteiger partial charge < -0.3 is 15.2 Å². The molecular weight excluding hydrogens is 192 g/mol. The van der Waals surface area contributed by atoms with Crippen molar-refractivity contribution in [2.75, 3.05) is 25.6 Å². The second-order valence-corrected chi connectivity index (χ2v) is 3.82. The lowest BCUT2D eigenvalue weighted by atomic mass is 10.0. The average Bonchev–Trinajstić information content (AvgIpc) is 2.30. The van der Waals surface area contributed by atoms with Crippen LogP contribution in [-0.4, -0.2) is 24.8 Å². The fraction of sp³-hybridized carbons (Fsp3) is 0.545. The highest BCUT2D eigenvalue weighted by Gasteiger charge is 2.14. The minimum Gasteiger partial charge on any atom is -0.477 e. The zero-order chi connectivity index (χ0) is 10.5. The third-order valence-electron chi connectivity index (χ3n) is 2.48. The maximum absolute atomic E-state index is 5.55. The molecule has 1 aromatic heterocycles. The van der Waals surface area contributed by atoms with Crippen molar-refractivity contribution in [2.24, 2.45) is 5.92 Å². The van der Waals surface area contributed by atoms with E-state index in [0.29, 0.717) is 24.1 Å². The molecule has 82 valence electrons. The van der Waals surface area contributed by atoms with E-state index in [1.54, 1.807) is 18.3 Å². The molecule has 0 amide bonds. The van der Waals surface area contributed by atoms with Crippen LogP contribution in [0.1, 0.15) is 12.8 Å². The van der Waals surface area contributed by atoms with Crippen LogP contribution >= 0.6 is 0 Å². The molecule has 1 aliphatic rings. The van der Waals surface area contributed by atoms with Crippen molar-refractivity contribution in [1.82, 2.24) is 4.98 Å². The van der Waals surface area contributed by atoms with Crippen molar-refractivity contribution < 1.29 is 9.47 Å². The van der Waals surface area contributed by atoms with E-state index in [9.17, 15) is 0 Å². The highest BCUT2D eigenvalue weighted by Crippen LogP contribution is 2.15. The average molecular weight is 208 g/mol. The van der Waals surface area contributed by atoms with Crippen LogP contribution < -0.4 is 10.5 Å². The number of hydrogen-bond acceptors (Lipinski definition) is 4. The van der Waals surface area contributed by atoms with E-state index in [1.165, 1.54) is 6.42 Å². The van der Waals surface area contributed by atoms with E-state index >= 15 is 0 Å². The molecule has 4 nitrogen and oxygen atoms in total. The number of nitrogen functional groups attached to an aromatic ring is 1. The van der Waals surface area contributed by atoms with Gasteiger partial charge in [0.05, 0.1) is 25.1 Å². The molecule has 1 saturated heterocycles. The highest BCUT2D eigenvalue weighted by atomic mass is 16.5. The maximum Gasteiger partial charge on any atom is 0.213 e. The van der Waals surface area contributed by atoms with Crippen LogP contribution in [0.25, 0.3) is 0 Å². The van der Waals surface area contributed by atoms with Crippen LogP contribution in [-0.2, 0) is 4.74 Å². The normalized spacial score (nSPS) is 21.2. The van der Waals surface area contributed by atoms with Gasteiger partial charge in [0.2, 0.25) is 5.88 Å². The number of aromatic nitrogens is 1. The summed E-state index contributed by atoms with van der Waals surface area (Å²) in [5.74, 6) is 1.13. The number of anilines is 1. The van der Waals surface area contributed by atoms with Gasteiger partial charge >= 0.3 is 0 Å². The third kappa shape index (κ3) is 3.09. The van der Waals surface area contributed by atoms with E-state index in [0.717, 1.165) is 19.6 Å². The predicted octanol–water partition coefficient (Wildman–Crippen LogP) is 1.47. The van der Waals surface area contributed by atoms with Crippen LogP contribution in [0, 0.1) is 5.92 Å². The first-order valence-corrected chi connectivity index (χ1v) is 5.26. The van der Waals surface area contributed by atoms with Crippen molar-refractivity contribution >= 4 is 5.69 Å². The Balaban J connectivity index is 1.79. The lowest BCUT2D eigenvalue weighted by Gasteiger charge is -2.21. The van der Waals surface area contributed by atoms with Crippen molar-refractivity contribution in [3.05, 3.63) is 18.3 Å². The van der Waals surface area contributed by atoms with Gasteiger partial charge in [-0.15, -0.1) is 0 Å². The molecule has 1 atom stereocenters. The van der Waals surface area contributed by atoms with Crippen molar-refractivity contribution in [2.45, 2.75) is 12.8 Å². The monoisotopic (exact) mass is 208 g/mol. The molecule has 0 radical (unpaired) electrons. The lowest BCUT2D eigenvalue weighted by molar-refractivity contribution is 0.0344. The quantitative estimate of drug-likeness (QED) is 0.817. The van der Waals surface area contributed by atoms with Gasteiger partial charge in [-0.05, 0) is 18.9 Å². The summed E-state index contributed by atoms with van der Waals surface area (Å²) in [5.41, 5.74) is 6.18. The number of nitrogens with two attached hydrogens (primary N) is 1. The second kappa shape index (κ2) is 4.98. The second-order valence-electron chi connectivity index (χ2n) is 3.82. The fourth-order valence-electron chi connectivity index (χ4n) is 1.62. The summed E-state index contributed by atoms with van der Waals surface area (Å²) < 4.78 is 10.9. The van der Waals surface area contributed by atoms with E-state index < -0.39 is 0 Å². The Bertz CT molecular complexity index is 294. The molecule has 15 heavy (non-hydrogen) atoms. The van der Waals surface area contributed by atoms with Crippen LogP contribution in [0.3, 0.4) is 0 Å². The summed E-state index contributed by atoms with van der Waals surface area (Å²) in [7, 11) is 0. The van der Waals surface area contributed by atoms with Gasteiger partial charge in [0.15, 0.2) is 0 Å². The largest absolute Gasteiger partial charge is 0.477 e. The van der Waals surface area contributed by atoms with Gasteiger partial charge in [-0.3, -0.25) is 0 Å². The fourth-order valence-corrected chi connectivity index (χ4v) is 1.62. The van der Waals surface area contributed by atoms with Gasteiger partial charge in [-0.2, -0.15) is 0 Å². The Kier molecular flexibility index (Phi) is 3.40. The van der Waals surface area contributed by atoms with E-state index in [1.807, 2.05) is 0 Å². The summed E-state index contributed by atoms with van der Waals surface area (Å²) in [6, 6.07) is 3.58. The molecule has 0 saturated carbocycles. The third-order valence-corrected chi connectivity index (χ3v) is 2.48. The van der Waals surface area contributed by atoms with Crippen molar-refractivity contribution in [3.63, 3.8) is 0 Å². The van der Waals surface area contributed by atoms with Gasteiger partial charge in [0.25, 0.3) is 0 Å². The molecule has 1 aromatic rings.